The lowest BCUT2D eigenvalue weighted by Gasteiger charge is -2.15. The van der Waals surface area contributed by atoms with E-state index in [2.05, 4.69) is 47.1 Å². The van der Waals surface area contributed by atoms with Crippen molar-refractivity contribution in [1.82, 2.24) is 5.32 Å². The second-order valence-corrected chi connectivity index (χ2v) is 13.1. The van der Waals surface area contributed by atoms with Crippen LogP contribution < -0.4 is 15.5 Å². The van der Waals surface area contributed by atoms with Gasteiger partial charge in [-0.05, 0) is 106 Å². The van der Waals surface area contributed by atoms with Crippen molar-refractivity contribution < 1.29 is 19.2 Å². The summed E-state index contributed by atoms with van der Waals surface area (Å²) in [6, 6.07) is 30.9. The predicted octanol–water partition coefficient (Wildman–Crippen LogP) is 7.25. The molecule has 1 unspecified atom stereocenters. The van der Waals surface area contributed by atoms with Gasteiger partial charge in [-0.15, -0.1) is 11.8 Å². The Hall–Kier alpha value is -4.22. The van der Waals surface area contributed by atoms with Crippen LogP contribution in [-0.4, -0.2) is 28.9 Å². The number of hydrogen-bond donors (Lipinski definition) is 2. The van der Waals surface area contributed by atoms with Crippen LogP contribution in [0.15, 0.2) is 114 Å². The normalized spacial score (nSPS) is 15.0. The van der Waals surface area contributed by atoms with E-state index in [1.54, 1.807) is 66.7 Å². The van der Waals surface area contributed by atoms with Crippen LogP contribution in [0, 0.1) is 3.57 Å². The first-order valence-corrected chi connectivity index (χ1v) is 16.0. The molecule has 7 nitrogen and oxygen atoms in total. The van der Waals surface area contributed by atoms with Crippen molar-refractivity contribution in [2.24, 2.45) is 0 Å². The molecule has 5 rings (SSSR count). The molecule has 0 aliphatic carbocycles. The monoisotopic (exact) mass is 715 g/mol. The van der Waals surface area contributed by atoms with Crippen LogP contribution in [0.1, 0.15) is 47.7 Å². The number of hydrogen-bond acceptors (Lipinski definition) is 5. The third-order valence-electron chi connectivity index (χ3n) is 7.02. The zero-order valence-electron chi connectivity index (χ0n) is 24.1. The molecule has 0 radical (unpaired) electrons. The van der Waals surface area contributed by atoms with Crippen LogP contribution in [0.25, 0.3) is 6.08 Å². The van der Waals surface area contributed by atoms with Crippen LogP contribution in [0.3, 0.4) is 0 Å². The Balaban J connectivity index is 1.28. The summed E-state index contributed by atoms with van der Waals surface area (Å²) in [5, 5.41) is 5.08. The predicted molar refractivity (Wildman–Crippen MR) is 183 cm³/mol. The molecular weight excluding hydrogens is 685 g/mol. The van der Waals surface area contributed by atoms with Crippen LogP contribution in [-0.2, 0) is 14.4 Å². The lowest BCUT2D eigenvalue weighted by atomic mass is 10.0. The summed E-state index contributed by atoms with van der Waals surface area (Å²) in [6.45, 7) is 4.22. The van der Waals surface area contributed by atoms with Crippen molar-refractivity contribution >= 4 is 75.4 Å². The van der Waals surface area contributed by atoms with Gasteiger partial charge in [-0.3, -0.25) is 19.2 Å². The summed E-state index contributed by atoms with van der Waals surface area (Å²) in [5.41, 5.74) is 3.56. The Morgan fingerprint density at radius 3 is 2.18 bits per heavy atom. The van der Waals surface area contributed by atoms with E-state index in [4.69, 9.17) is 0 Å². The molecule has 1 saturated heterocycles. The number of imide groups is 1. The zero-order valence-corrected chi connectivity index (χ0v) is 27.1. The maximum atomic E-state index is 13.4. The largest absolute Gasteiger partial charge is 0.321 e. The first-order valence-electron chi connectivity index (χ1n) is 14.1. The summed E-state index contributed by atoms with van der Waals surface area (Å²) >= 11 is 3.49. The number of benzene rings is 4. The van der Waals surface area contributed by atoms with Gasteiger partial charge in [0.25, 0.3) is 11.8 Å². The zero-order chi connectivity index (χ0) is 31.2. The summed E-state index contributed by atoms with van der Waals surface area (Å²) in [7, 11) is 0. The van der Waals surface area contributed by atoms with E-state index in [9.17, 15) is 19.2 Å². The molecule has 4 aromatic carbocycles. The third kappa shape index (κ3) is 7.64. The highest BCUT2D eigenvalue weighted by Gasteiger charge is 2.40. The number of carbonyl (C=O) groups is 4. The fraction of sp³-hybridized carbons (Fsp3) is 0.143. The molecule has 44 heavy (non-hydrogen) atoms. The molecule has 0 saturated carbocycles. The molecule has 1 fully saturated rings. The van der Waals surface area contributed by atoms with Crippen LogP contribution in [0.5, 0.6) is 0 Å². The average molecular weight is 716 g/mol. The van der Waals surface area contributed by atoms with Gasteiger partial charge in [0, 0.05) is 26.1 Å². The molecule has 2 N–H and O–H groups in total. The molecule has 0 aromatic heterocycles. The van der Waals surface area contributed by atoms with Gasteiger partial charge in [0.2, 0.25) is 11.8 Å². The second-order valence-electron chi connectivity index (χ2n) is 10.5. The fourth-order valence-corrected chi connectivity index (χ4v) is 6.04. The van der Waals surface area contributed by atoms with Gasteiger partial charge >= 0.3 is 0 Å². The minimum absolute atomic E-state index is 0.0976. The van der Waals surface area contributed by atoms with E-state index in [0.29, 0.717) is 22.9 Å². The Morgan fingerprint density at radius 1 is 0.886 bits per heavy atom. The lowest BCUT2D eigenvalue weighted by molar-refractivity contribution is -0.121. The number of rotatable bonds is 9. The molecule has 222 valence electrons. The molecule has 0 bridgehead atoms. The van der Waals surface area contributed by atoms with E-state index >= 15 is 0 Å². The van der Waals surface area contributed by atoms with Gasteiger partial charge in [-0.2, -0.15) is 0 Å². The van der Waals surface area contributed by atoms with E-state index < -0.39 is 17.1 Å². The SMILES string of the molecule is CC(C)c1ccc(/C=C(\NC(=O)c2ccccc2)C(=O)Nc2ccc(SC3CC(=O)N(c4ccc(I)cc4)C3=O)cc2)cc1. The molecular formula is C35H30IN3O4S. The number of amides is 4. The van der Waals surface area contributed by atoms with Crippen molar-refractivity contribution in [3.05, 3.63) is 129 Å². The average Bonchev–Trinajstić information content (AvgIpc) is 3.30. The maximum Gasteiger partial charge on any atom is 0.272 e. The summed E-state index contributed by atoms with van der Waals surface area (Å²) in [4.78, 5) is 54.1. The summed E-state index contributed by atoms with van der Waals surface area (Å²) in [5.74, 6) is -0.980. The van der Waals surface area contributed by atoms with Gasteiger partial charge < -0.3 is 10.6 Å². The first kappa shape index (κ1) is 31.2. The van der Waals surface area contributed by atoms with E-state index in [1.807, 2.05) is 42.5 Å². The molecule has 1 atom stereocenters. The molecule has 1 aliphatic heterocycles. The van der Waals surface area contributed by atoms with Gasteiger partial charge in [0.15, 0.2) is 0 Å². The highest BCUT2D eigenvalue weighted by atomic mass is 127. The summed E-state index contributed by atoms with van der Waals surface area (Å²) in [6.07, 6.45) is 1.76. The molecule has 4 amide bonds. The fourth-order valence-electron chi connectivity index (χ4n) is 4.62. The quantitative estimate of drug-likeness (QED) is 0.108. The highest BCUT2D eigenvalue weighted by molar-refractivity contribution is 14.1. The van der Waals surface area contributed by atoms with Crippen LogP contribution >= 0.6 is 34.4 Å². The standard InChI is InChI=1S/C35H30IN3O4S/c1-22(2)24-10-8-23(9-11-24)20-30(38-33(41)25-6-4-3-5-7-25)34(42)37-27-14-18-29(19-15-27)44-31-21-32(40)39(35(31)43)28-16-12-26(36)13-17-28/h3-20,22,31H,21H2,1-2H3,(H,37,42)(H,38,41)/b30-20-. The number of anilines is 2. The maximum absolute atomic E-state index is 13.4. The number of nitrogens with zero attached hydrogens (tertiary/aromatic N) is 1. The Bertz CT molecular complexity index is 1700. The van der Waals surface area contributed by atoms with E-state index in [1.165, 1.54) is 22.2 Å². The molecule has 1 aliphatic rings. The molecule has 1 heterocycles. The molecule has 9 heteroatoms. The number of carbonyl (C=O) groups excluding carboxylic acids is 4. The van der Waals surface area contributed by atoms with Crippen LogP contribution in [0.4, 0.5) is 11.4 Å². The van der Waals surface area contributed by atoms with Gasteiger partial charge in [0.05, 0.1) is 10.9 Å². The third-order valence-corrected chi connectivity index (χ3v) is 8.94. The van der Waals surface area contributed by atoms with Gasteiger partial charge in [0.1, 0.15) is 5.70 Å². The topological polar surface area (TPSA) is 95.6 Å². The molecule has 4 aromatic rings. The highest BCUT2D eigenvalue weighted by Crippen LogP contribution is 2.34. The lowest BCUT2D eigenvalue weighted by Crippen LogP contribution is -2.31. The number of nitrogens with one attached hydrogen (secondary N) is 2. The summed E-state index contributed by atoms with van der Waals surface area (Å²) < 4.78 is 1.02. The Kier molecular flexibility index (Phi) is 9.96. The van der Waals surface area contributed by atoms with Gasteiger partial charge in [-0.1, -0.05) is 56.3 Å². The second kappa shape index (κ2) is 14.0. The minimum Gasteiger partial charge on any atom is -0.321 e. The Labute approximate surface area is 274 Å². The first-order chi connectivity index (χ1) is 21.2. The van der Waals surface area contributed by atoms with E-state index in [-0.39, 0.29) is 23.9 Å². The smallest absolute Gasteiger partial charge is 0.272 e. The van der Waals surface area contributed by atoms with Crippen molar-refractivity contribution in [2.75, 3.05) is 10.2 Å². The van der Waals surface area contributed by atoms with Gasteiger partial charge in [-0.25, -0.2) is 4.90 Å². The van der Waals surface area contributed by atoms with Crippen molar-refractivity contribution in [3.8, 4) is 0 Å². The number of halogens is 1. The number of thioether (sulfide) groups is 1. The van der Waals surface area contributed by atoms with Crippen molar-refractivity contribution in [3.63, 3.8) is 0 Å². The minimum atomic E-state index is -0.535. The van der Waals surface area contributed by atoms with Crippen LogP contribution in [0.2, 0.25) is 0 Å². The van der Waals surface area contributed by atoms with Crippen molar-refractivity contribution in [2.45, 2.75) is 36.3 Å². The molecule has 0 spiro atoms. The van der Waals surface area contributed by atoms with Crippen molar-refractivity contribution in [1.29, 1.82) is 0 Å². The Morgan fingerprint density at radius 2 is 1.55 bits per heavy atom. The van der Waals surface area contributed by atoms with E-state index in [0.717, 1.165) is 14.0 Å².